The highest BCUT2D eigenvalue weighted by atomic mass is 32.1. The van der Waals surface area contributed by atoms with Crippen LogP contribution in [0.3, 0.4) is 0 Å². The molecule has 6 heteroatoms. The number of nitrogens with two attached hydrogens (primary N) is 1. The predicted octanol–water partition coefficient (Wildman–Crippen LogP) is 3.84. The van der Waals surface area contributed by atoms with E-state index in [1.165, 1.54) is 17.7 Å². The highest BCUT2D eigenvalue weighted by Crippen LogP contribution is 2.28. The molecule has 0 saturated carbocycles. The maximum atomic E-state index is 10.3. The fourth-order valence-electron chi connectivity index (χ4n) is 1.84. The fraction of sp³-hybridized carbons (Fsp3) is 0. The first-order valence-corrected chi connectivity index (χ1v) is 6.75. The van der Waals surface area contributed by atoms with E-state index in [0.717, 1.165) is 21.3 Å². The average molecular weight is 282 g/mol. The molecular weight excluding hydrogens is 272 g/mol. The molecular formula is C14H10N4OS. The smallest absolute Gasteiger partial charge is 0.144 e. The molecule has 20 heavy (non-hydrogen) atoms. The van der Waals surface area contributed by atoms with Crippen molar-refractivity contribution in [3.05, 3.63) is 52.0 Å². The van der Waals surface area contributed by atoms with E-state index >= 15 is 0 Å². The van der Waals surface area contributed by atoms with E-state index in [1.54, 1.807) is 12.1 Å². The van der Waals surface area contributed by atoms with E-state index in [9.17, 15) is 4.91 Å². The van der Waals surface area contributed by atoms with Gasteiger partial charge in [-0.2, -0.15) is 0 Å². The third-order valence-electron chi connectivity index (χ3n) is 2.86. The number of benzene rings is 1. The van der Waals surface area contributed by atoms with Crippen molar-refractivity contribution >= 4 is 45.2 Å². The van der Waals surface area contributed by atoms with E-state index in [-0.39, 0.29) is 0 Å². The topological polar surface area (TPSA) is 81.2 Å². The van der Waals surface area contributed by atoms with Crippen LogP contribution in [-0.2, 0) is 0 Å². The highest BCUT2D eigenvalue weighted by molar-refractivity contribution is 7.18. The van der Waals surface area contributed by atoms with Gasteiger partial charge < -0.3 is 5.73 Å². The lowest BCUT2D eigenvalue weighted by Crippen LogP contribution is -1.90. The summed E-state index contributed by atoms with van der Waals surface area (Å²) in [5.74, 6) is 0.501. The number of aromatic nitrogens is 2. The SMILES string of the molecule is Nc1ncnc2c(/C=C/c3ccc(N=O)cc3)csc12. The molecule has 2 heterocycles. The fourth-order valence-corrected chi connectivity index (χ4v) is 2.73. The molecule has 0 spiro atoms. The molecule has 3 rings (SSSR count). The van der Waals surface area contributed by atoms with Gasteiger partial charge in [0, 0.05) is 10.9 Å². The maximum absolute atomic E-state index is 10.3. The molecule has 98 valence electrons. The normalized spacial score (nSPS) is 11.2. The molecule has 3 aromatic rings. The minimum Gasteiger partial charge on any atom is -0.382 e. The molecule has 0 bridgehead atoms. The molecule has 1 aromatic carbocycles. The molecule has 0 saturated heterocycles. The van der Waals surface area contributed by atoms with Crippen LogP contribution in [0.1, 0.15) is 11.1 Å². The van der Waals surface area contributed by atoms with Gasteiger partial charge in [-0.3, -0.25) is 0 Å². The molecule has 0 amide bonds. The third kappa shape index (κ3) is 2.28. The Kier molecular flexibility index (Phi) is 3.22. The summed E-state index contributed by atoms with van der Waals surface area (Å²) in [5.41, 5.74) is 9.06. The summed E-state index contributed by atoms with van der Waals surface area (Å²) in [6.45, 7) is 0. The Labute approximate surface area is 118 Å². The number of fused-ring (bicyclic) bond motifs is 1. The van der Waals surface area contributed by atoms with Crippen molar-refractivity contribution in [3.8, 4) is 0 Å². The number of nitrogens with zero attached hydrogens (tertiary/aromatic N) is 3. The summed E-state index contributed by atoms with van der Waals surface area (Å²) in [6, 6.07) is 7.04. The van der Waals surface area contributed by atoms with Crippen LogP contribution >= 0.6 is 11.3 Å². The largest absolute Gasteiger partial charge is 0.382 e. The van der Waals surface area contributed by atoms with Crippen molar-refractivity contribution in [3.63, 3.8) is 0 Å². The molecule has 0 atom stereocenters. The van der Waals surface area contributed by atoms with Crippen LogP contribution in [0.4, 0.5) is 11.5 Å². The van der Waals surface area contributed by atoms with Crippen LogP contribution in [0.5, 0.6) is 0 Å². The minimum absolute atomic E-state index is 0.420. The third-order valence-corrected chi connectivity index (χ3v) is 3.87. The number of rotatable bonds is 3. The lowest BCUT2D eigenvalue weighted by Gasteiger charge is -1.95. The van der Waals surface area contributed by atoms with E-state index < -0.39 is 0 Å². The average Bonchev–Trinajstić information content (AvgIpc) is 2.90. The molecule has 0 unspecified atom stereocenters. The summed E-state index contributed by atoms with van der Waals surface area (Å²) < 4.78 is 0.896. The molecule has 0 aliphatic rings. The van der Waals surface area contributed by atoms with Crippen molar-refractivity contribution in [2.75, 3.05) is 5.73 Å². The number of hydrogen-bond acceptors (Lipinski definition) is 6. The number of hydrogen-bond donors (Lipinski definition) is 1. The van der Waals surface area contributed by atoms with Crippen LogP contribution < -0.4 is 5.73 Å². The molecule has 0 radical (unpaired) electrons. The Hall–Kier alpha value is -2.60. The lowest BCUT2D eigenvalue weighted by molar-refractivity contribution is 1.24. The second-order valence-electron chi connectivity index (χ2n) is 4.14. The van der Waals surface area contributed by atoms with Gasteiger partial charge >= 0.3 is 0 Å². The van der Waals surface area contributed by atoms with Crippen molar-refractivity contribution in [2.24, 2.45) is 5.18 Å². The van der Waals surface area contributed by atoms with Gasteiger partial charge in [0.05, 0.1) is 10.2 Å². The molecule has 0 aliphatic heterocycles. The number of anilines is 1. The van der Waals surface area contributed by atoms with Gasteiger partial charge in [0.15, 0.2) is 0 Å². The molecule has 2 aromatic heterocycles. The second kappa shape index (κ2) is 5.18. The number of nitroso groups, excluding NO2 is 1. The zero-order valence-corrected chi connectivity index (χ0v) is 11.2. The predicted molar refractivity (Wildman–Crippen MR) is 82.7 cm³/mol. The maximum Gasteiger partial charge on any atom is 0.144 e. The summed E-state index contributed by atoms with van der Waals surface area (Å²) in [6.07, 6.45) is 5.38. The van der Waals surface area contributed by atoms with Crippen LogP contribution in [0.2, 0.25) is 0 Å². The first-order valence-electron chi connectivity index (χ1n) is 5.87. The summed E-state index contributed by atoms with van der Waals surface area (Å²) in [4.78, 5) is 18.6. The number of nitrogen functional groups attached to an aromatic ring is 1. The Balaban J connectivity index is 1.94. The van der Waals surface area contributed by atoms with Gasteiger partial charge in [-0.1, -0.05) is 24.3 Å². The van der Waals surface area contributed by atoms with Gasteiger partial charge in [0.25, 0.3) is 0 Å². The van der Waals surface area contributed by atoms with Gasteiger partial charge in [-0.05, 0) is 22.9 Å². The minimum atomic E-state index is 0.420. The Morgan fingerprint density at radius 1 is 1.15 bits per heavy atom. The van der Waals surface area contributed by atoms with Gasteiger partial charge in [-0.25, -0.2) is 9.97 Å². The monoisotopic (exact) mass is 282 g/mol. The lowest BCUT2D eigenvalue weighted by atomic mass is 10.1. The van der Waals surface area contributed by atoms with E-state index in [2.05, 4.69) is 15.1 Å². The van der Waals surface area contributed by atoms with Crippen LogP contribution in [0.25, 0.3) is 22.4 Å². The second-order valence-corrected chi connectivity index (χ2v) is 5.02. The van der Waals surface area contributed by atoms with Crippen molar-refractivity contribution in [1.29, 1.82) is 0 Å². The Bertz CT molecular complexity index is 793. The summed E-state index contributed by atoms with van der Waals surface area (Å²) >= 11 is 1.52. The molecule has 0 fully saturated rings. The zero-order valence-electron chi connectivity index (χ0n) is 10.4. The Morgan fingerprint density at radius 3 is 2.70 bits per heavy atom. The Morgan fingerprint density at radius 2 is 1.95 bits per heavy atom. The van der Waals surface area contributed by atoms with Crippen LogP contribution in [0.15, 0.2) is 41.1 Å². The van der Waals surface area contributed by atoms with Gasteiger partial charge in [0.2, 0.25) is 0 Å². The molecule has 5 nitrogen and oxygen atoms in total. The van der Waals surface area contributed by atoms with Crippen molar-refractivity contribution < 1.29 is 0 Å². The quantitative estimate of drug-likeness (QED) is 0.740. The first-order chi connectivity index (χ1) is 9.78. The zero-order chi connectivity index (χ0) is 13.9. The summed E-state index contributed by atoms with van der Waals surface area (Å²) in [7, 11) is 0. The van der Waals surface area contributed by atoms with E-state index in [0.29, 0.717) is 11.5 Å². The van der Waals surface area contributed by atoms with Crippen molar-refractivity contribution in [1.82, 2.24) is 9.97 Å². The molecule has 0 aliphatic carbocycles. The highest BCUT2D eigenvalue weighted by Gasteiger charge is 2.06. The summed E-state index contributed by atoms with van der Waals surface area (Å²) in [5, 5.41) is 4.86. The van der Waals surface area contributed by atoms with Gasteiger partial charge in [-0.15, -0.1) is 16.2 Å². The van der Waals surface area contributed by atoms with E-state index in [4.69, 9.17) is 5.73 Å². The van der Waals surface area contributed by atoms with Crippen molar-refractivity contribution in [2.45, 2.75) is 0 Å². The van der Waals surface area contributed by atoms with E-state index in [1.807, 2.05) is 29.7 Å². The van der Waals surface area contributed by atoms with Crippen LogP contribution in [0, 0.1) is 4.91 Å². The molecule has 2 N–H and O–H groups in total. The first kappa shape index (κ1) is 12.4. The standard InChI is InChI=1S/C14H10N4OS/c15-14-13-12(16-8-17-14)10(7-20-13)4-1-9-2-5-11(18-19)6-3-9/h1-8H,(H2,15,16,17)/b4-1+. The van der Waals surface area contributed by atoms with Crippen LogP contribution in [-0.4, -0.2) is 9.97 Å². The number of thiophene rings is 1. The van der Waals surface area contributed by atoms with Gasteiger partial charge in [0.1, 0.15) is 17.8 Å².